The third-order valence-corrected chi connectivity index (χ3v) is 6.76. The van der Waals surface area contributed by atoms with Gasteiger partial charge >= 0.3 is 0 Å². The smallest absolute Gasteiger partial charge is 0.245 e. The normalized spacial score (nSPS) is 16.2. The van der Waals surface area contributed by atoms with Crippen LogP contribution in [0, 0.1) is 18.7 Å². The van der Waals surface area contributed by atoms with Crippen LogP contribution in [0.2, 0.25) is 0 Å². The van der Waals surface area contributed by atoms with E-state index in [4.69, 9.17) is 0 Å². The molecule has 0 aromatic heterocycles. The molecule has 2 aromatic rings. The Labute approximate surface area is 159 Å². The molecule has 3 rings (SSSR count). The fourth-order valence-electron chi connectivity index (χ4n) is 3.31. The van der Waals surface area contributed by atoms with Crippen LogP contribution in [-0.2, 0) is 21.4 Å². The van der Waals surface area contributed by atoms with Gasteiger partial charge in [-0.3, -0.25) is 4.79 Å². The quantitative estimate of drug-likeness (QED) is 0.854. The zero-order valence-corrected chi connectivity index (χ0v) is 16.0. The number of hydrogen-bond donors (Lipinski definition) is 1. The summed E-state index contributed by atoms with van der Waals surface area (Å²) >= 11 is 0. The van der Waals surface area contributed by atoms with Crippen LogP contribution < -0.4 is 5.32 Å². The van der Waals surface area contributed by atoms with Gasteiger partial charge in [-0.05, 0) is 37.5 Å². The number of sulfonamides is 1. The van der Waals surface area contributed by atoms with E-state index in [-0.39, 0.29) is 29.8 Å². The lowest BCUT2D eigenvalue weighted by atomic mass is 9.97. The number of nitrogens with zero attached hydrogens (tertiary/aromatic N) is 1. The number of halogens is 1. The van der Waals surface area contributed by atoms with Gasteiger partial charge in [0.05, 0.1) is 0 Å². The molecule has 27 heavy (non-hydrogen) atoms. The third kappa shape index (κ3) is 4.54. The number of piperidine rings is 1. The molecule has 0 aliphatic carbocycles. The van der Waals surface area contributed by atoms with Crippen LogP contribution in [-0.4, -0.2) is 31.7 Å². The predicted octanol–water partition coefficient (Wildman–Crippen LogP) is 2.85. The number of rotatable bonds is 5. The van der Waals surface area contributed by atoms with Gasteiger partial charge in [-0.2, -0.15) is 4.31 Å². The molecule has 1 aliphatic heterocycles. The van der Waals surface area contributed by atoms with Crippen molar-refractivity contribution in [1.82, 2.24) is 9.62 Å². The SMILES string of the molecule is Cc1cccc(CNC(=O)C2CCN(S(=O)(=O)c3ccccc3F)CC2)c1. The summed E-state index contributed by atoms with van der Waals surface area (Å²) in [5.41, 5.74) is 2.16. The zero-order valence-electron chi connectivity index (χ0n) is 15.2. The Morgan fingerprint density at radius 3 is 2.52 bits per heavy atom. The number of hydrogen-bond acceptors (Lipinski definition) is 3. The zero-order chi connectivity index (χ0) is 19.4. The van der Waals surface area contributed by atoms with Gasteiger partial charge < -0.3 is 5.32 Å². The highest BCUT2D eigenvalue weighted by Crippen LogP contribution is 2.25. The van der Waals surface area contributed by atoms with E-state index in [0.717, 1.165) is 17.2 Å². The van der Waals surface area contributed by atoms with Crippen LogP contribution in [0.3, 0.4) is 0 Å². The Balaban J connectivity index is 1.57. The molecule has 144 valence electrons. The maximum Gasteiger partial charge on any atom is 0.245 e. The van der Waals surface area contributed by atoms with Crippen molar-refractivity contribution in [2.75, 3.05) is 13.1 Å². The van der Waals surface area contributed by atoms with E-state index in [1.54, 1.807) is 0 Å². The Hall–Kier alpha value is -2.25. The molecule has 1 N–H and O–H groups in total. The van der Waals surface area contributed by atoms with Crippen molar-refractivity contribution in [3.63, 3.8) is 0 Å². The summed E-state index contributed by atoms with van der Waals surface area (Å²) in [4.78, 5) is 12.1. The molecule has 0 bridgehead atoms. The minimum atomic E-state index is -3.88. The van der Waals surface area contributed by atoms with Crippen LogP contribution in [0.4, 0.5) is 4.39 Å². The van der Waals surface area contributed by atoms with E-state index in [1.165, 1.54) is 22.5 Å². The molecule has 1 fully saturated rings. The molecular formula is C20H23FN2O3S. The molecule has 0 saturated carbocycles. The monoisotopic (exact) mass is 390 g/mol. The lowest BCUT2D eigenvalue weighted by Crippen LogP contribution is -2.43. The highest BCUT2D eigenvalue weighted by atomic mass is 32.2. The number of amides is 1. The van der Waals surface area contributed by atoms with E-state index in [2.05, 4.69) is 5.32 Å². The first-order valence-corrected chi connectivity index (χ1v) is 10.4. The first-order chi connectivity index (χ1) is 12.9. The Bertz CT molecular complexity index is 922. The molecule has 0 unspecified atom stereocenters. The maximum atomic E-state index is 13.9. The topological polar surface area (TPSA) is 66.5 Å². The van der Waals surface area contributed by atoms with Crippen LogP contribution >= 0.6 is 0 Å². The van der Waals surface area contributed by atoms with Gasteiger partial charge in [-0.15, -0.1) is 0 Å². The van der Waals surface area contributed by atoms with E-state index in [0.29, 0.717) is 19.4 Å². The van der Waals surface area contributed by atoms with Gasteiger partial charge in [-0.1, -0.05) is 42.0 Å². The average Bonchev–Trinajstić information content (AvgIpc) is 2.66. The number of carbonyl (C=O) groups excluding carboxylic acids is 1. The first-order valence-electron chi connectivity index (χ1n) is 8.96. The Morgan fingerprint density at radius 1 is 1.15 bits per heavy atom. The minimum Gasteiger partial charge on any atom is -0.352 e. The van der Waals surface area contributed by atoms with Crippen molar-refractivity contribution in [1.29, 1.82) is 0 Å². The lowest BCUT2D eigenvalue weighted by molar-refractivity contribution is -0.126. The first kappa shape index (κ1) is 19.5. The second-order valence-electron chi connectivity index (χ2n) is 6.82. The van der Waals surface area contributed by atoms with Crippen molar-refractivity contribution in [3.8, 4) is 0 Å². The minimum absolute atomic E-state index is 0.0700. The van der Waals surface area contributed by atoms with Crippen molar-refractivity contribution in [2.24, 2.45) is 5.92 Å². The van der Waals surface area contributed by atoms with Gasteiger partial charge in [0.1, 0.15) is 10.7 Å². The van der Waals surface area contributed by atoms with Gasteiger partial charge in [0.15, 0.2) is 0 Å². The van der Waals surface area contributed by atoms with Crippen molar-refractivity contribution >= 4 is 15.9 Å². The standard InChI is InChI=1S/C20H23FN2O3S/c1-15-5-4-6-16(13-15)14-22-20(24)17-9-11-23(12-10-17)27(25,26)19-8-3-2-7-18(19)21/h2-8,13,17H,9-12,14H2,1H3,(H,22,24). The highest BCUT2D eigenvalue weighted by molar-refractivity contribution is 7.89. The van der Waals surface area contributed by atoms with Gasteiger partial charge in [-0.25, -0.2) is 12.8 Å². The molecule has 1 aliphatic rings. The average molecular weight is 390 g/mol. The van der Waals surface area contributed by atoms with Crippen LogP contribution in [0.25, 0.3) is 0 Å². The summed E-state index contributed by atoms with van der Waals surface area (Å²) in [6.45, 7) is 2.86. The summed E-state index contributed by atoms with van der Waals surface area (Å²) < 4.78 is 40.3. The van der Waals surface area contributed by atoms with Gasteiger partial charge in [0, 0.05) is 25.6 Å². The molecule has 7 heteroatoms. The summed E-state index contributed by atoms with van der Waals surface area (Å²) in [5.74, 6) is -1.06. The van der Waals surface area contributed by atoms with Gasteiger partial charge in [0.25, 0.3) is 0 Å². The summed E-state index contributed by atoms with van der Waals surface area (Å²) in [6, 6.07) is 13.3. The second-order valence-corrected chi connectivity index (χ2v) is 8.72. The molecular weight excluding hydrogens is 367 g/mol. The summed E-state index contributed by atoms with van der Waals surface area (Å²) in [7, 11) is -3.88. The number of nitrogens with one attached hydrogen (secondary N) is 1. The van der Waals surface area contributed by atoms with Crippen molar-refractivity contribution in [2.45, 2.75) is 31.2 Å². The molecule has 0 spiro atoms. The molecule has 0 radical (unpaired) electrons. The van der Waals surface area contributed by atoms with Crippen molar-refractivity contribution in [3.05, 3.63) is 65.5 Å². The fourth-order valence-corrected chi connectivity index (χ4v) is 4.84. The molecule has 5 nitrogen and oxygen atoms in total. The predicted molar refractivity (Wildman–Crippen MR) is 101 cm³/mol. The third-order valence-electron chi connectivity index (χ3n) is 4.83. The maximum absolute atomic E-state index is 13.9. The molecule has 0 atom stereocenters. The van der Waals surface area contributed by atoms with E-state index < -0.39 is 15.8 Å². The molecule has 1 amide bonds. The van der Waals surface area contributed by atoms with E-state index in [9.17, 15) is 17.6 Å². The molecule has 1 saturated heterocycles. The van der Waals surface area contributed by atoms with E-state index in [1.807, 2.05) is 31.2 Å². The Morgan fingerprint density at radius 2 is 1.85 bits per heavy atom. The van der Waals surface area contributed by atoms with E-state index >= 15 is 0 Å². The van der Waals surface area contributed by atoms with Gasteiger partial charge in [0.2, 0.25) is 15.9 Å². The second kappa shape index (κ2) is 8.19. The fraction of sp³-hybridized carbons (Fsp3) is 0.350. The highest BCUT2D eigenvalue weighted by Gasteiger charge is 2.33. The van der Waals surface area contributed by atoms with Crippen LogP contribution in [0.5, 0.6) is 0 Å². The Kier molecular flexibility index (Phi) is 5.92. The number of carbonyl (C=O) groups is 1. The molecule has 2 aromatic carbocycles. The van der Waals surface area contributed by atoms with Crippen molar-refractivity contribution < 1.29 is 17.6 Å². The number of aryl methyl sites for hydroxylation is 1. The molecule has 1 heterocycles. The van der Waals surface area contributed by atoms with Crippen LogP contribution in [0.15, 0.2) is 53.4 Å². The largest absolute Gasteiger partial charge is 0.352 e. The number of benzene rings is 2. The summed E-state index contributed by atoms with van der Waals surface area (Å²) in [5, 5.41) is 2.92. The summed E-state index contributed by atoms with van der Waals surface area (Å²) in [6.07, 6.45) is 0.848. The van der Waals surface area contributed by atoms with Crippen LogP contribution in [0.1, 0.15) is 24.0 Å². The lowest BCUT2D eigenvalue weighted by Gasteiger charge is -2.30.